The zero-order valence-corrected chi connectivity index (χ0v) is 12.5. The Labute approximate surface area is 117 Å². The quantitative estimate of drug-likeness (QED) is 0.710. The first-order chi connectivity index (χ1) is 9.00. The molecule has 0 radical (unpaired) electrons. The molecule has 0 aliphatic heterocycles. The Morgan fingerprint density at radius 3 is 2.26 bits per heavy atom. The highest BCUT2D eigenvalue weighted by molar-refractivity contribution is 5.13. The van der Waals surface area contributed by atoms with Gasteiger partial charge in [0.15, 0.2) is 0 Å². The maximum atomic E-state index is 9.47. The molecular formula is C16H27NO2. The van der Waals surface area contributed by atoms with Gasteiger partial charge in [-0.15, -0.1) is 0 Å². The molecule has 0 fully saturated rings. The van der Waals surface area contributed by atoms with Crippen molar-refractivity contribution in [3.05, 3.63) is 35.9 Å². The molecule has 3 heteroatoms. The van der Waals surface area contributed by atoms with Crippen LogP contribution in [0.25, 0.3) is 0 Å². The second kappa shape index (κ2) is 8.31. The second-order valence-electron chi connectivity index (χ2n) is 5.59. The summed E-state index contributed by atoms with van der Waals surface area (Å²) >= 11 is 0. The molecule has 3 nitrogen and oxygen atoms in total. The van der Waals surface area contributed by atoms with Gasteiger partial charge < -0.3 is 9.84 Å². The summed E-state index contributed by atoms with van der Waals surface area (Å²) in [5.74, 6) is 0.822. The number of ether oxygens (including phenoxy) is 1. The fraction of sp³-hybridized carbons (Fsp3) is 0.625. The van der Waals surface area contributed by atoms with Crippen molar-refractivity contribution in [1.82, 2.24) is 5.32 Å². The summed E-state index contributed by atoms with van der Waals surface area (Å²) in [6, 6.07) is 10.4. The van der Waals surface area contributed by atoms with E-state index in [4.69, 9.17) is 4.74 Å². The highest BCUT2D eigenvalue weighted by Crippen LogP contribution is 2.14. The highest BCUT2D eigenvalue weighted by Gasteiger charge is 2.21. The molecule has 3 atom stereocenters. The molecule has 0 amide bonds. The number of hydrogen-bond donors (Lipinski definition) is 2. The van der Waals surface area contributed by atoms with Crippen LogP contribution in [0.1, 0.15) is 33.3 Å². The summed E-state index contributed by atoms with van der Waals surface area (Å²) in [4.78, 5) is 0. The fourth-order valence-electron chi connectivity index (χ4n) is 2.33. The van der Waals surface area contributed by atoms with E-state index in [0.717, 1.165) is 0 Å². The lowest BCUT2D eigenvalue weighted by Gasteiger charge is -2.30. The molecule has 2 N–H and O–H groups in total. The third kappa shape index (κ3) is 6.19. The van der Waals surface area contributed by atoms with E-state index >= 15 is 0 Å². The summed E-state index contributed by atoms with van der Waals surface area (Å²) in [5.41, 5.74) is 1.19. The lowest BCUT2D eigenvalue weighted by atomic mass is 9.92. The Morgan fingerprint density at radius 1 is 1.11 bits per heavy atom. The number of hydrogen-bond acceptors (Lipinski definition) is 3. The predicted molar refractivity (Wildman–Crippen MR) is 78.7 cm³/mol. The van der Waals surface area contributed by atoms with E-state index in [2.05, 4.69) is 38.2 Å². The van der Waals surface area contributed by atoms with E-state index < -0.39 is 6.23 Å². The average molecular weight is 265 g/mol. The van der Waals surface area contributed by atoms with Crippen LogP contribution in [0, 0.1) is 11.8 Å². The van der Waals surface area contributed by atoms with Crippen LogP contribution in [-0.2, 0) is 11.3 Å². The van der Waals surface area contributed by atoms with Crippen LogP contribution >= 0.6 is 0 Å². The molecule has 0 aromatic heterocycles. The molecule has 1 aromatic rings. The Kier molecular flexibility index (Phi) is 7.06. The molecule has 19 heavy (non-hydrogen) atoms. The van der Waals surface area contributed by atoms with Crippen LogP contribution in [0.2, 0.25) is 0 Å². The van der Waals surface area contributed by atoms with Crippen LogP contribution in [-0.4, -0.2) is 24.0 Å². The summed E-state index contributed by atoms with van der Waals surface area (Å²) in [7, 11) is 0. The van der Waals surface area contributed by atoms with E-state index in [-0.39, 0.29) is 6.04 Å². The smallest absolute Gasteiger partial charge is 0.102 e. The van der Waals surface area contributed by atoms with Crippen molar-refractivity contribution in [3.63, 3.8) is 0 Å². The first-order valence-electron chi connectivity index (χ1n) is 7.06. The minimum absolute atomic E-state index is 0.260. The Morgan fingerprint density at radius 2 is 1.74 bits per heavy atom. The van der Waals surface area contributed by atoms with Gasteiger partial charge in [0.25, 0.3) is 0 Å². The molecule has 0 heterocycles. The van der Waals surface area contributed by atoms with Crippen molar-refractivity contribution in [1.29, 1.82) is 0 Å². The van der Waals surface area contributed by atoms with Crippen molar-refractivity contribution in [2.75, 3.05) is 6.61 Å². The number of rotatable bonds is 8. The van der Waals surface area contributed by atoms with Crippen molar-refractivity contribution in [2.24, 2.45) is 11.8 Å². The van der Waals surface area contributed by atoms with Gasteiger partial charge in [0, 0.05) is 6.04 Å². The molecule has 0 spiro atoms. The van der Waals surface area contributed by atoms with Gasteiger partial charge in [-0.05, 0) is 24.3 Å². The van der Waals surface area contributed by atoms with Crippen molar-refractivity contribution < 1.29 is 9.84 Å². The van der Waals surface area contributed by atoms with Crippen LogP contribution < -0.4 is 5.32 Å². The molecule has 108 valence electrons. The topological polar surface area (TPSA) is 41.5 Å². The van der Waals surface area contributed by atoms with Crippen LogP contribution in [0.5, 0.6) is 0 Å². The molecular weight excluding hydrogens is 238 g/mol. The molecule has 0 saturated heterocycles. The van der Waals surface area contributed by atoms with Gasteiger partial charge >= 0.3 is 0 Å². The average Bonchev–Trinajstić information content (AvgIpc) is 2.36. The van der Waals surface area contributed by atoms with Gasteiger partial charge in [-0.3, -0.25) is 5.32 Å². The van der Waals surface area contributed by atoms with Crippen molar-refractivity contribution >= 4 is 0 Å². The fourth-order valence-corrected chi connectivity index (χ4v) is 2.33. The van der Waals surface area contributed by atoms with Gasteiger partial charge in [0.1, 0.15) is 6.23 Å². The van der Waals surface area contributed by atoms with E-state index in [1.54, 1.807) is 6.92 Å². The van der Waals surface area contributed by atoms with Crippen LogP contribution in [0.15, 0.2) is 30.3 Å². The SMILES string of the molecule is CC(O)N[C@@H](C(C)C)C(C)COCc1ccccc1. The van der Waals surface area contributed by atoms with E-state index in [9.17, 15) is 5.11 Å². The van der Waals surface area contributed by atoms with Gasteiger partial charge in [-0.25, -0.2) is 0 Å². The largest absolute Gasteiger partial charge is 0.379 e. The van der Waals surface area contributed by atoms with Crippen LogP contribution in [0.3, 0.4) is 0 Å². The predicted octanol–water partition coefficient (Wildman–Crippen LogP) is 2.79. The number of aliphatic hydroxyl groups is 1. The Balaban J connectivity index is 2.38. The van der Waals surface area contributed by atoms with Gasteiger partial charge in [-0.2, -0.15) is 0 Å². The summed E-state index contributed by atoms with van der Waals surface area (Å²) in [5, 5.41) is 12.7. The normalized spacial score (nSPS) is 16.3. The summed E-state index contributed by atoms with van der Waals surface area (Å²) in [6.07, 6.45) is -0.482. The maximum Gasteiger partial charge on any atom is 0.102 e. The molecule has 1 rings (SSSR count). The third-order valence-corrected chi connectivity index (χ3v) is 3.26. The van der Waals surface area contributed by atoms with E-state index in [0.29, 0.717) is 25.0 Å². The minimum Gasteiger partial charge on any atom is -0.379 e. The molecule has 2 unspecified atom stereocenters. The van der Waals surface area contributed by atoms with Gasteiger partial charge in [-0.1, -0.05) is 51.1 Å². The maximum absolute atomic E-state index is 9.47. The molecule has 0 bridgehead atoms. The molecule has 1 aromatic carbocycles. The third-order valence-electron chi connectivity index (χ3n) is 3.26. The van der Waals surface area contributed by atoms with Crippen LogP contribution in [0.4, 0.5) is 0 Å². The standard InChI is InChI=1S/C16H27NO2/c1-12(2)16(17-14(4)18)13(3)10-19-11-15-8-6-5-7-9-15/h5-9,12-14,16-18H,10-11H2,1-4H3/t13?,14?,16-/m0/s1. The zero-order valence-electron chi connectivity index (χ0n) is 12.5. The van der Waals surface area contributed by atoms with Gasteiger partial charge in [0.2, 0.25) is 0 Å². The van der Waals surface area contributed by atoms with E-state index in [1.165, 1.54) is 5.56 Å². The number of benzene rings is 1. The second-order valence-corrected chi connectivity index (χ2v) is 5.59. The lowest BCUT2D eigenvalue weighted by Crippen LogP contribution is -2.45. The minimum atomic E-state index is -0.482. The Hall–Kier alpha value is -0.900. The molecule has 0 aliphatic rings. The van der Waals surface area contributed by atoms with E-state index in [1.807, 2.05) is 18.2 Å². The highest BCUT2D eigenvalue weighted by atomic mass is 16.5. The first-order valence-corrected chi connectivity index (χ1v) is 7.06. The molecule has 0 saturated carbocycles. The Bertz CT molecular complexity index is 338. The van der Waals surface area contributed by atoms with Gasteiger partial charge in [0.05, 0.1) is 13.2 Å². The number of nitrogens with one attached hydrogen (secondary N) is 1. The zero-order chi connectivity index (χ0) is 14.3. The number of aliphatic hydroxyl groups excluding tert-OH is 1. The summed E-state index contributed by atoms with van der Waals surface area (Å²) in [6.45, 7) is 9.57. The monoisotopic (exact) mass is 265 g/mol. The summed E-state index contributed by atoms with van der Waals surface area (Å²) < 4.78 is 5.77. The molecule has 0 aliphatic carbocycles. The van der Waals surface area contributed by atoms with Crippen molar-refractivity contribution in [3.8, 4) is 0 Å². The lowest BCUT2D eigenvalue weighted by molar-refractivity contribution is 0.0517. The van der Waals surface area contributed by atoms with Crippen molar-refractivity contribution in [2.45, 2.75) is 46.6 Å². The first kappa shape index (κ1) is 16.2.